The first-order valence-corrected chi connectivity index (χ1v) is 26.2. The Morgan fingerprint density at radius 1 is 0.944 bits per heavy atom. The number of fused-ring (bicyclic) bond motifs is 3. The van der Waals surface area contributed by atoms with Gasteiger partial charge in [-0.15, -0.1) is 18.3 Å². The number of ether oxygens (including phenoxy) is 6. The summed E-state index contributed by atoms with van der Waals surface area (Å²) in [4.78, 5) is 35.7. The van der Waals surface area contributed by atoms with Gasteiger partial charge in [0.15, 0.2) is 11.5 Å². The summed E-state index contributed by atoms with van der Waals surface area (Å²) < 4.78 is 38.9. The zero-order valence-corrected chi connectivity index (χ0v) is 41.4. The summed E-state index contributed by atoms with van der Waals surface area (Å²) in [5.74, 6) is 0.265. The number of allylic oxidation sites excluding steroid dienone is 1. The maximum atomic E-state index is 15.4. The number of benzene rings is 4. The predicted molar refractivity (Wildman–Crippen MR) is 273 cm³/mol. The molecule has 1 saturated carbocycles. The molecule has 16 heteroatoms. The molecule has 9 rings (SSSR count). The lowest BCUT2D eigenvalue weighted by Gasteiger charge is -2.60. The molecule has 2 N–H and O–H groups in total. The summed E-state index contributed by atoms with van der Waals surface area (Å²) in [7, 11) is 0. The molecule has 4 aromatic rings. The van der Waals surface area contributed by atoms with E-state index in [0.717, 1.165) is 60.1 Å². The third-order valence-electron chi connectivity index (χ3n) is 14.3. The number of aliphatic hydroxyl groups is 2. The number of unbranched alkanes of at least 4 members (excludes halogenated alkanes) is 2. The predicted octanol–water partition coefficient (Wildman–Crippen LogP) is 10.7. The molecule has 15 nitrogen and oxygen atoms in total. The highest BCUT2D eigenvalue weighted by Gasteiger charge is 2.65. The fourth-order valence-electron chi connectivity index (χ4n) is 11.0. The maximum absolute atomic E-state index is 15.4. The molecule has 2 fully saturated rings. The Morgan fingerprint density at radius 3 is 2.44 bits per heavy atom. The fraction of sp³-hybridized carbons (Fsp3) is 0.429. The van der Waals surface area contributed by atoms with Crippen LogP contribution in [0.2, 0.25) is 0 Å². The van der Waals surface area contributed by atoms with E-state index in [1.807, 2.05) is 60.9 Å². The molecule has 2 aliphatic carbocycles. The molecule has 1 amide bonds. The number of nitrogens with zero attached hydrogens (tertiary/aromatic N) is 3. The number of rotatable bonds is 22. The number of carbonyl (C=O) groups is 1. The molecule has 0 aromatic heterocycles. The molecule has 0 bridgehead atoms. The van der Waals surface area contributed by atoms with E-state index in [1.165, 1.54) is 18.2 Å². The van der Waals surface area contributed by atoms with Crippen molar-refractivity contribution in [3.63, 3.8) is 0 Å². The van der Waals surface area contributed by atoms with Crippen molar-refractivity contribution in [2.75, 3.05) is 39.5 Å². The van der Waals surface area contributed by atoms with Gasteiger partial charge >= 0.3 is 0 Å². The summed E-state index contributed by atoms with van der Waals surface area (Å²) in [6, 6.07) is 24.6. The standard InChI is InChI=1S/C56H63N3O12S/c1-3-29-68-56-51(58(35-38-15-24-49-50(31-38)67-36-66-49)52(62)26-16-37-13-17-40(18-14-37)59(63)64)34-47(57-71-53-12-6-9-30-65-53)45-32-39(10-4-7-27-60)44(11-5-8-28-61)54(55(45)56)46-33-42(21-25-48(46)70-56)69-41-19-22-43(72-2)23-20-41/h3,13-26,31-33,39,44,51,53-55,60-61H,1,4-12,27-30,34-36H2,2H3/t39-,44+,51-,53?,54+,55+,56+/m0/s1. The number of non-ortho nitro benzene ring substituents is 1. The molecular weight excluding hydrogens is 939 g/mol. The number of nitro groups is 1. The van der Waals surface area contributed by atoms with E-state index in [4.69, 9.17) is 38.4 Å². The molecule has 380 valence electrons. The van der Waals surface area contributed by atoms with Gasteiger partial charge in [0.05, 0.1) is 29.8 Å². The minimum absolute atomic E-state index is 0.0156. The van der Waals surface area contributed by atoms with E-state index in [1.54, 1.807) is 40.9 Å². The van der Waals surface area contributed by atoms with Gasteiger partial charge in [0.2, 0.25) is 24.8 Å². The number of nitro benzene ring substituents is 1. The van der Waals surface area contributed by atoms with Crippen LogP contribution in [0, 0.1) is 27.9 Å². The summed E-state index contributed by atoms with van der Waals surface area (Å²) in [5, 5.41) is 36.7. The van der Waals surface area contributed by atoms with Crippen LogP contribution in [0.3, 0.4) is 0 Å². The van der Waals surface area contributed by atoms with Crippen LogP contribution in [-0.4, -0.2) is 89.3 Å². The number of hydrogen-bond donors (Lipinski definition) is 2. The summed E-state index contributed by atoms with van der Waals surface area (Å²) in [6.07, 6.45) is 15.7. The van der Waals surface area contributed by atoms with Gasteiger partial charge in [0.25, 0.3) is 5.69 Å². The molecule has 1 unspecified atom stereocenters. The lowest BCUT2D eigenvalue weighted by Crippen LogP contribution is -2.70. The van der Waals surface area contributed by atoms with E-state index in [0.29, 0.717) is 65.9 Å². The Morgan fingerprint density at radius 2 is 1.71 bits per heavy atom. The van der Waals surface area contributed by atoms with E-state index in [-0.39, 0.29) is 68.9 Å². The molecule has 7 atom stereocenters. The van der Waals surface area contributed by atoms with Gasteiger partial charge < -0.3 is 48.4 Å². The first-order valence-electron chi connectivity index (χ1n) is 25.0. The van der Waals surface area contributed by atoms with Crippen molar-refractivity contribution in [1.29, 1.82) is 0 Å². The van der Waals surface area contributed by atoms with Crippen LogP contribution in [0.15, 0.2) is 125 Å². The fourth-order valence-corrected chi connectivity index (χ4v) is 11.4. The van der Waals surface area contributed by atoms with Crippen LogP contribution in [-0.2, 0) is 25.7 Å². The molecule has 0 radical (unpaired) electrons. The molecular formula is C56H63N3O12S. The second-order valence-corrected chi connectivity index (χ2v) is 19.7. The van der Waals surface area contributed by atoms with Crippen molar-refractivity contribution in [1.82, 2.24) is 4.90 Å². The van der Waals surface area contributed by atoms with Crippen LogP contribution in [0.5, 0.6) is 28.7 Å². The minimum Gasteiger partial charge on any atom is -0.459 e. The van der Waals surface area contributed by atoms with Gasteiger partial charge in [0.1, 0.15) is 23.3 Å². The highest BCUT2D eigenvalue weighted by atomic mass is 32.2. The zero-order chi connectivity index (χ0) is 50.0. The van der Waals surface area contributed by atoms with Crippen molar-refractivity contribution >= 4 is 35.1 Å². The number of thioether (sulfide) groups is 1. The number of aliphatic hydroxyl groups excluding tert-OH is 2. The Hall–Kier alpha value is -6.17. The van der Waals surface area contributed by atoms with E-state index in [2.05, 4.69) is 18.7 Å². The number of amides is 1. The normalized spacial score (nSPS) is 24.4. The summed E-state index contributed by atoms with van der Waals surface area (Å²) in [5.41, 5.74) is 3.75. The molecule has 1 saturated heterocycles. The third-order valence-corrected chi connectivity index (χ3v) is 15.1. The average Bonchev–Trinajstić information content (AvgIpc) is 3.88. The Labute approximate surface area is 424 Å². The second kappa shape index (κ2) is 23.6. The van der Waals surface area contributed by atoms with Crippen molar-refractivity contribution < 1.29 is 53.2 Å². The summed E-state index contributed by atoms with van der Waals surface area (Å²) in [6.45, 7) is 5.02. The number of hydrogen-bond acceptors (Lipinski definition) is 14. The first kappa shape index (κ1) is 50.8. The van der Waals surface area contributed by atoms with Crippen LogP contribution in [0.4, 0.5) is 5.69 Å². The van der Waals surface area contributed by atoms with Crippen molar-refractivity contribution in [2.45, 2.75) is 99.7 Å². The number of carbonyl (C=O) groups excluding carboxylic acids is 1. The quantitative estimate of drug-likeness (QED) is 0.0190. The van der Waals surface area contributed by atoms with Crippen molar-refractivity contribution in [2.24, 2.45) is 22.9 Å². The van der Waals surface area contributed by atoms with Crippen molar-refractivity contribution in [3.05, 3.63) is 142 Å². The van der Waals surface area contributed by atoms with Gasteiger partial charge in [-0.1, -0.05) is 36.2 Å². The van der Waals surface area contributed by atoms with Gasteiger partial charge in [0, 0.05) is 67.2 Å². The highest BCUT2D eigenvalue weighted by molar-refractivity contribution is 7.98. The zero-order valence-electron chi connectivity index (χ0n) is 40.6. The van der Waals surface area contributed by atoms with Gasteiger partial charge in [-0.05, 0) is 146 Å². The number of oxime groups is 1. The lowest BCUT2D eigenvalue weighted by molar-refractivity contribution is -0.384. The van der Waals surface area contributed by atoms with Gasteiger partial charge in [-0.3, -0.25) is 14.9 Å². The van der Waals surface area contributed by atoms with Crippen LogP contribution in [0.1, 0.15) is 86.8 Å². The highest BCUT2D eigenvalue weighted by Crippen LogP contribution is 2.62. The molecule has 5 aliphatic rings. The molecule has 0 spiro atoms. The monoisotopic (exact) mass is 1000 g/mol. The van der Waals surface area contributed by atoms with Crippen LogP contribution >= 0.6 is 11.8 Å². The lowest BCUT2D eigenvalue weighted by atomic mass is 9.55. The Kier molecular flexibility index (Phi) is 16.6. The average molecular weight is 1000 g/mol. The Balaban J connectivity index is 1.24. The molecule has 3 aliphatic heterocycles. The largest absolute Gasteiger partial charge is 0.459 e. The van der Waals surface area contributed by atoms with E-state index in [9.17, 15) is 20.3 Å². The SMILES string of the molecule is C=CCO[C@@]12Oc3ccc(Oc4ccc(SC)cc4)cc3[C@H]3[C@H](CCCCO)[C@@H](CCCCO)C=C(C(=NOC4CCCCO4)C[C@@H]1N(Cc1ccc4c(c1)OCO4)C(=O)C=Cc1ccc([N+](=O)[O-])cc1)[C@H]32. The third kappa shape index (κ3) is 11.2. The van der Waals surface area contributed by atoms with Crippen LogP contribution < -0.4 is 18.9 Å². The molecule has 72 heavy (non-hydrogen) atoms. The van der Waals surface area contributed by atoms with E-state index >= 15 is 4.79 Å². The molecule has 4 aromatic carbocycles. The van der Waals surface area contributed by atoms with E-state index < -0.39 is 29.0 Å². The first-order chi connectivity index (χ1) is 35.2. The van der Waals surface area contributed by atoms with Gasteiger partial charge in [-0.2, -0.15) is 0 Å². The second-order valence-electron chi connectivity index (χ2n) is 18.8. The Bertz CT molecular complexity index is 2630. The minimum atomic E-state index is -1.55. The molecule has 3 heterocycles. The topological polar surface area (TPSA) is 181 Å². The van der Waals surface area contributed by atoms with Crippen LogP contribution in [0.25, 0.3) is 6.08 Å². The maximum Gasteiger partial charge on any atom is 0.269 e. The summed E-state index contributed by atoms with van der Waals surface area (Å²) >= 11 is 1.66. The van der Waals surface area contributed by atoms with Gasteiger partial charge in [-0.25, -0.2) is 0 Å². The van der Waals surface area contributed by atoms with Crippen molar-refractivity contribution in [3.8, 4) is 28.7 Å². The smallest absolute Gasteiger partial charge is 0.269 e.